The van der Waals surface area contributed by atoms with E-state index in [0.29, 0.717) is 12.2 Å². The molecule has 0 atom stereocenters. The third kappa shape index (κ3) is 4.27. The van der Waals surface area contributed by atoms with Crippen LogP contribution in [-0.2, 0) is 26.8 Å². The summed E-state index contributed by atoms with van der Waals surface area (Å²) < 4.78 is 26.2. The summed E-state index contributed by atoms with van der Waals surface area (Å²) in [4.78, 5) is 16.5. The zero-order chi connectivity index (χ0) is 22.3. The molecule has 0 radical (unpaired) electrons. The molecule has 4 fully saturated rings. The van der Waals surface area contributed by atoms with E-state index in [1.54, 1.807) is 18.5 Å². The van der Waals surface area contributed by atoms with Crippen LogP contribution in [0.25, 0.3) is 0 Å². The second-order valence-corrected chi connectivity index (χ2v) is 12.1. The van der Waals surface area contributed by atoms with Crippen LogP contribution in [-0.4, -0.2) is 32.1 Å². The molecule has 0 unspecified atom stereocenters. The van der Waals surface area contributed by atoms with Crippen molar-refractivity contribution in [2.45, 2.75) is 50.5 Å². The van der Waals surface area contributed by atoms with Crippen molar-refractivity contribution in [3.05, 3.63) is 59.9 Å². The van der Waals surface area contributed by atoms with Crippen LogP contribution in [0.15, 0.2) is 48.8 Å². The smallest absolute Gasteiger partial charge is 0.241 e. The standard InChI is InChI=1S/C25H31N3O3S/c1-32(30,31)28(17-24(29)27-16-18-3-2-8-26-15-18)23-6-4-22(5-7-23)25-12-19-9-20(13-25)11-21(10-19)14-25/h2-8,15,19-21H,9-14,16-17H2,1H3,(H,27,29). The highest BCUT2D eigenvalue weighted by atomic mass is 32.2. The number of sulfonamides is 1. The van der Waals surface area contributed by atoms with Crippen LogP contribution in [0.4, 0.5) is 5.69 Å². The van der Waals surface area contributed by atoms with Gasteiger partial charge in [-0.2, -0.15) is 0 Å². The lowest BCUT2D eigenvalue weighted by atomic mass is 9.48. The average Bonchev–Trinajstić information content (AvgIpc) is 2.75. The fraction of sp³-hybridized carbons (Fsp3) is 0.520. The van der Waals surface area contributed by atoms with Crippen molar-refractivity contribution in [1.29, 1.82) is 0 Å². The second-order valence-electron chi connectivity index (χ2n) is 10.2. The Kier molecular flexibility index (Phi) is 5.48. The van der Waals surface area contributed by atoms with E-state index < -0.39 is 10.0 Å². The highest BCUT2D eigenvalue weighted by molar-refractivity contribution is 7.92. The molecule has 1 N–H and O–H groups in total. The zero-order valence-corrected chi connectivity index (χ0v) is 19.4. The van der Waals surface area contributed by atoms with Crippen LogP contribution < -0.4 is 9.62 Å². The van der Waals surface area contributed by atoms with E-state index in [9.17, 15) is 13.2 Å². The monoisotopic (exact) mass is 453 g/mol. The van der Waals surface area contributed by atoms with Crippen LogP contribution >= 0.6 is 0 Å². The normalized spacial score (nSPS) is 28.5. The molecular weight excluding hydrogens is 422 g/mol. The fourth-order valence-corrected chi connectivity index (χ4v) is 7.59. The van der Waals surface area contributed by atoms with Gasteiger partial charge in [-0.3, -0.25) is 14.1 Å². The summed E-state index contributed by atoms with van der Waals surface area (Å²) in [6, 6.07) is 11.6. The topological polar surface area (TPSA) is 79.4 Å². The van der Waals surface area contributed by atoms with Gasteiger partial charge in [-0.05, 0) is 91.0 Å². The van der Waals surface area contributed by atoms with Gasteiger partial charge in [0.1, 0.15) is 6.54 Å². The van der Waals surface area contributed by atoms with E-state index in [1.807, 2.05) is 18.2 Å². The van der Waals surface area contributed by atoms with Crippen molar-refractivity contribution in [1.82, 2.24) is 10.3 Å². The van der Waals surface area contributed by atoms with Gasteiger partial charge in [0, 0.05) is 18.9 Å². The van der Waals surface area contributed by atoms with Crippen LogP contribution in [0.3, 0.4) is 0 Å². The minimum Gasteiger partial charge on any atom is -0.350 e. The molecule has 1 aromatic heterocycles. The first kappa shape index (κ1) is 21.4. The highest BCUT2D eigenvalue weighted by Crippen LogP contribution is 2.60. The van der Waals surface area contributed by atoms with E-state index in [1.165, 1.54) is 48.4 Å². The lowest BCUT2D eigenvalue weighted by Crippen LogP contribution is -2.48. The molecule has 0 saturated heterocycles. The molecule has 6 rings (SSSR count). The summed E-state index contributed by atoms with van der Waals surface area (Å²) in [5, 5.41) is 2.79. The molecule has 2 aromatic rings. The maximum Gasteiger partial charge on any atom is 0.241 e. The molecule has 1 heterocycles. The van der Waals surface area contributed by atoms with Crippen LogP contribution in [0.5, 0.6) is 0 Å². The van der Waals surface area contributed by atoms with Gasteiger partial charge in [0.25, 0.3) is 0 Å². The Hall–Kier alpha value is -2.41. The minimum absolute atomic E-state index is 0.240. The third-order valence-corrected chi connectivity index (χ3v) is 8.85. The van der Waals surface area contributed by atoms with E-state index in [0.717, 1.165) is 29.6 Å². The van der Waals surface area contributed by atoms with Crippen molar-refractivity contribution in [3.8, 4) is 0 Å². The Morgan fingerprint density at radius 1 is 1.06 bits per heavy atom. The van der Waals surface area contributed by atoms with E-state index in [4.69, 9.17) is 0 Å². The van der Waals surface area contributed by atoms with Gasteiger partial charge in [0.15, 0.2) is 0 Å². The first-order valence-corrected chi connectivity index (χ1v) is 13.4. The maximum atomic E-state index is 12.5. The molecule has 170 valence electrons. The molecular formula is C25H31N3O3S. The molecule has 4 bridgehead atoms. The molecule has 4 saturated carbocycles. The van der Waals surface area contributed by atoms with Gasteiger partial charge in [-0.15, -0.1) is 0 Å². The van der Waals surface area contributed by atoms with Crippen molar-refractivity contribution < 1.29 is 13.2 Å². The quantitative estimate of drug-likeness (QED) is 0.694. The number of pyridine rings is 1. The molecule has 0 spiro atoms. The van der Waals surface area contributed by atoms with Gasteiger partial charge < -0.3 is 5.32 Å². The number of carbonyl (C=O) groups excluding carboxylic acids is 1. The lowest BCUT2D eigenvalue weighted by molar-refractivity contribution is -0.119. The van der Waals surface area contributed by atoms with Crippen LogP contribution in [0.2, 0.25) is 0 Å². The molecule has 4 aliphatic carbocycles. The van der Waals surface area contributed by atoms with Crippen LogP contribution in [0, 0.1) is 17.8 Å². The van der Waals surface area contributed by atoms with E-state index in [-0.39, 0.29) is 17.9 Å². The summed E-state index contributed by atoms with van der Waals surface area (Å²) in [5.41, 5.74) is 3.02. The van der Waals surface area contributed by atoms with Gasteiger partial charge in [0.2, 0.25) is 15.9 Å². The van der Waals surface area contributed by atoms with Gasteiger partial charge in [-0.25, -0.2) is 8.42 Å². The zero-order valence-electron chi connectivity index (χ0n) is 18.5. The molecule has 4 aliphatic rings. The third-order valence-electron chi connectivity index (χ3n) is 7.71. The summed E-state index contributed by atoms with van der Waals surface area (Å²) in [6.07, 6.45) is 12.5. The number of nitrogens with zero attached hydrogens (tertiary/aromatic N) is 2. The summed E-state index contributed by atoms with van der Waals surface area (Å²) >= 11 is 0. The number of amides is 1. The van der Waals surface area contributed by atoms with Gasteiger partial charge >= 0.3 is 0 Å². The number of hydrogen-bond donors (Lipinski definition) is 1. The Morgan fingerprint density at radius 2 is 1.69 bits per heavy atom. The Morgan fingerprint density at radius 3 is 2.22 bits per heavy atom. The lowest BCUT2D eigenvalue weighted by Gasteiger charge is -2.57. The van der Waals surface area contributed by atoms with Crippen LogP contribution in [0.1, 0.15) is 49.7 Å². The summed E-state index contributed by atoms with van der Waals surface area (Å²) in [7, 11) is -3.59. The molecule has 7 heteroatoms. The average molecular weight is 454 g/mol. The van der Waals surface area contributed by atoms with Crippen molar-refractivity contribution in [2.24, 2.45) is 17.8 Å². The Labute approximate surface area is 190 Å². The number of anilines is 1. The SMILES string of the molecule is CS(=O)(=O)N(CC(=O)NCc1cccnc1)c1ccc(C23CC4CC(CC(C4)C2)C3)cc1. The van der Waals surface area contributed by atoms with Gasteiger partial charge in [-0.1, -0.05) is 18.2 Å². The largest absolute Gasteiger partial charge is 0.350 e. The number of rotatable bonds is 7. The molecule has 1 aromatic carbocycles. The molecule has 1 amide bonds. The molecule has 32 heavy (non-hydrogen) atoms. The number of nitrogens with one attached hydrogen (secondary N) is 1. The second kappa shape index (κ2) is 8.18. The van der Waals surface area contributed by atoms with Crippen molar-refractivity contribution >= 4 is 21.6 Å². The van der Waals surface area contributed by atoms with Gasteiger partial charge in [0.05, 0.1) is 11.9 Å². The molecule has 6 nitrogen and oxygen atoms in total. The number of hydrogen-bond acceptors (Lipinski definition) is 4. The number of carbonyl (C=O) groups is 1. The molecule has 0 aliphatic heterocycles. The Balaban J connectivity index is 1.31. The van der Waals surface area contributed by atoms with E-state index in [2.05, 4.69) is 22.4 Å². The maximum absolute atomic E-state index is 12.5. The number of aromatic nitrogens is 1. The summed E-state index contributed by atoms with van der Waals surface area (Å²) in [6.45, 7) is 0.0744. The predicted molar refractivity (Wildman–Crippen MR) is 125 cm³/mol. The first-order valence-electron chi connectivity index (χ1n) is 11.5. The fourth-order valence-electron chi connectivity index (χ4n) is 6.74. The predicted octanol–water partition coefficient (Wildman–Crippen LogP) is 3.63. The number of benzene rings is 1. The van der Waals surface area contributed by atoms with Crippen molar-refractivity contribution in [2.75, 3.05) is 17.1 Å². The summed E-state index contributed by atoms with van der Waals surface area (Å²) in [5.74, 6) is 2.23. The van der Waals surface area contributed by atoms with E-state index >= 15 is 0 Å². The Bertz CT molecular complexity index is 1050. The highest BCUT2D eigenvalue weighted by Gasteiger charge is 2.51. The minimum atomic E-state index is -3.59. The first-order chi connectivity index (χ1) is 15.3. The van der Waals surface area contributed by atoms with Crippen molar-refractivity contribution in [3.63, 3.8) is 0 Å².